The Labute approximate surface area is 118 Å². The summed E-state index contributed by atoms with van der Waals surface area (Å²) in [6, 6.07) is 2.15. The zero-order chi connectivity index (χ0) is 13.7. The number of hydrogen-bond acceptors (Lipinski definition) is 3. The highest BCUT2D eigenvalue weighted by molar-refractivity contribution is 7.12. The number of carbonyl (C=O) groups excluding carboxylic acids is 1. The fraction of sp³-hybridized carbons (Fsp3) is 0.533. The molecule has 0 aromatic carbocycles. The lowest BCUT2D eigenvalue weighted by molar-refractivity contribution is 0.0702. The standard InChI is InChI=1S/C15H19NO2S/c1-12-6-3-2-4-9-16(12)15(18)14-13(7-5-10-17)8-11-19-14/h8,11-12,17H,2-4,6,9-10H2,1H3. The van der Waals surface area contributed by atoms with E-state index in [2.05, 4.69) is 18.8 Å². The summed E-state index contributed by atoms with van der Waals surface area (Å²) in [5, 5.41) is 10.6. The van der Waals surface area contributed by atoms with Gasteiger partial charge in [-0.05, 0) is 31.2 Å². The summed E-state index contributed by atoms with van der Waals surface area (Å²) in [6.07, 6.45) is 4.57. The second-order valence-corrected chi connectivity index (χ2v) is 5.74. The highest BCUT2D eigenvalue weighted by Gasteiger charge is 2.25. The van der Waals surface area contributed by atoms with E-state index in [1.54, 1.807) is 0 Å². The van der Waals surface area contributed by atoms with E-state index < -0.39 is 0 Å². The maximum Gasteiger partial charge on any atom is 0.265 e. The van der Waals surface area contributed by atoms with Crippen LogP contribution >= 0.6 is 11.3 Å². The topological polar surface area (TPSA) is 40.5 Å². The first-order valence-corrected chi connectivity index (χ1v) is 7.60. The predicted molar refractivity (Wildman–Crippen MR) is 77.2 cm³/mol. The predicted octanol–water partition coefficient (Wildman–Crippen LogP) is 2.50. The summed E-state index contributed by atoms with van der Waals surface area (Å²) >= 11 is 1.44. The average Bonchev–Trinajstić information content (AvgIpc) is 2.77. The van der Waals surface area contributed by atoms with E-state index in [-0.39, 0.29) is 12.5 Å². The summed E-state index contributed by atoms with van der Waals surface area (Å²) in [7, 11) is 0. The average molecular weight is 277 g/mol. The van der Waals surface area contributed by atoms with Crippen LogP contribution in [-0.4, -0.2) is 35.1 Å². The van der Waals surface area contributed by atoms with Crippen molar-refractivity contribution < 1.29 is 9.90 Å². The minimum absolute atomic E-state index is 0.0895. The van der Waals surface area contributed by atoms with Gasteiger partial charge in [0.2, 0.25) is 0 Å². The van der Waals surface area contributed by atoms with Crippen LogP contribution in [0.25, 0.3) is 0 Å². The molecule has 2 heterocycles. The van der Waals surface area contributed by atoms with Gasteiger partial charge in [-0.1, -0.05) is 24.7 Å². The molecule has 1 amide bonds. The van der Waals surface area contributed by atoms with Crippen molar-refractivity contribution in [3.63, 3.8) is 0 Å². The molecule has 1 N–H and O–H groups in total. The van der Waals surface area contributed by atoms with Gasteiger partial charge in [0.05, 0.1) is 0 Å². The third-order valence-corrected chi connectivity index (χ3v) is 4.38. The van der Waals surface area contributed by atoms with Crippen molar-refractivity contribution in [1.82, 2.24) is 4.90 Å². The normalized spacial score (nSPS) is 19.5. The van der Waals surface area contributed by atoms with Gasteiger partial charge in [-0.25, -0.2) is 0 Å². The second kappa shape index (κ2) is 6.74. The molecule has 1 aliphatic heterocycles. The molecule has 1 unspecified atom stereocenters. The minimum atomic E-state index is -0.177. The van der Waals surface area contributed by atoms with Crippen LogP contribution in [0.3, 0.4) is 0 Å². The number of hydrogen-bond donors (Lipinski definition) is 1. The van der Waals surface area contributed by atoms with Crippen LogP contribution in [0.15, 0.2) is 11.4 Å². The number of aliphatic hydroxyl groups excluding tert-OH is 1. The molecular weight excluding hydrogens is 258 g/mol. The first-order chi connectivity index (χ1) is 9.24. The molecule has 3 nitrogen and oxygen atoms in total. The lowest BCUT2D eigenvalue weighted by Crippen LogP contribution is -2.38. The van der Waals surface area contributed by atoms with Crippen molar-refractivity contribution >= 4 is 17.2 Å². The molecule has 2 rings (SSSR count). The smallest absolute Gasteiger partial charge is 0.265 e. The molecular formula is C15H19NO2S. The maximum atomic E-state index is 12.6. The number of carbonyl (C=O) groups is 1. The van der Waals surface area contributed by atoms with Crippen LogP contribution < -0.4 is 0 Å². The Bertz CT molecular complexity index is 498. The highest BCUT2D eigenvalue weighted by atomic mass is 32.1. The van der Waals surface area contributed by atoms with E-state index >= 15 is 0 Å². The molecule has 19 heavy (non-hydrogen) atoms. The first-order valence-electron chi connectivity index (χ1n) is 6.72. The van der Waals surface area contributed by atoms with Gasteiger partial charge < -0.3 is 10.0 Å². The van der Waals surface area contributed by atoms with Crippen molar-refractivity contribution in [2.45, 2.75) is 38.6 Å². The third kappa shape index (κ3) is 3.37. The van der Waals surface area contributed by atoms with Gasteiger partial charge in [0.1, 0.15) is 11.5 Å². The van der Waals surface area contributed by atoms with Crippen molar-refractivity contribution in [1.29, 1.82) is 0 Å². The summed E-state index contributed by atoms with van der Waals surface area (Å²) < 4.78 is 0. The van der Waals surface area contributed by atoms with Crippen LogP contribution in [-0.2, 0) is 0 Å². The Balaban J connectivity index is 2.20. The number of thiophene rings is 1. The van der Waals surface area contributed by atoms with Gasteiger partial charge in [-0.15, -0.1) is 11.3 Å². The summed E-state index contributed by atoms with van der Waals surface area (Å²) in [5.74, 6) is 5.56. The quantitative estimate of drug-likeness (QED) is 0.801. The van der Waals surface area contributed by atoms with Crippen LogP contribution in [0.1, 0.15) is 47.8 Å². The van der Waals surface area contributed by atoms with E-state index in [1.165, 1.54) is 24.2 Å². The number of rotatable bonds is 1. The largest absolute Gasteiger partial charge is 0.384 e. The van der Waals surface area contributed by atoms with Gasteiger partial charge >= 0.3 is 0 Å². The van der Waals surface area contributed by atoms with Crippen molar-refractivity contribution in [2.75, 3.05) is 13.2 Å². The zero-order valence-electron chi connectivity index (χ0n) is 11.2. The van der Waals surface area contributed by atoms with E-state index in [4.69, 9.17) is 5.11 Å². The number of nitrogens with zero attached hydrogens (tertiary/aromatic N) is 1. The molecule has 0 radical (unpaired) electrons. The molecule has 1 aromatic heterocycles. The van der Waals surface area contributed by atoms with Crippen molar-refractivity contribution in [3.8, 4) is 11.8 Å². The summed E-state index contributed by atoms with van der Waals surface area (Å²) in [6.45, 7) is 2.78. The zero-order valence-corrected chi connectivity index (χ0v) is 12.0. The highest BCUT2D eigenvalue weighted by Crippen LogP contribution is 2.23. The molecule has 1 atom stereocenters. The van der Waals surface area contributed by atoms with Crippen LogP contribution in [0.2, 0.25) is 0 Å². The monoisotopic (exact) mass is 277 g/mol. The summed E-state index contributed by atoms with van der Waals surface area (Å²) in [4.78, 5) is 15.3. The first kappa shape index (κ1) is 14.1. The van der Waals surface area contributed by atoms with E-state index in [1.807, 2.05) is 16.3 Å². The van der Waals surface area contributed by atoms with Crippen LogP contribution in [0.5, 0.6) is 0 Å². The van der Waals surface area contributed by atoms with Gasteiger partial charge in [-0.2, -0.15) is 0 Å². The minimum Gasteiger partial charge on any atom is -0.384 e. The Hall–Kier alpha value is -1.31. The summed E-state index contributed by atoms with van der Waals surface area (Å²) in [5.41, 5.74) is 0.737. The molecule has 0 spiro atoms. The Kier molecular flexibility index (Phi) is 5.00. The Morgan fingerprint density at radius 2 is 2.37 bits per heavy atom. The molecule has 4 heteroatoms. The van der Waals surface area contributed by atoms with E-state index in [0.717, 1.165) is 24.9 Å². The van der Waals surface area contributed by atoms with Gasteiger partial charge in [0.25, 0.3) is 5.91 Å². The van der Waals surface area contributed by atoms with Gasteiger partial charge in [0.15, 0.2) is 0 Å². The molecule has 1 saturated heterocycles. The van der Waals surface area contributed by atoms with Crippen LogP contribution in [0, 0.1) is 11.8 Å². The van der Waals surface area contributed by atoms with Crippen molar-refractivity contribution in [3.05, 3.63) is 21.9 Å². The molecule has 1 aromatic rings. The van der Waals surface area contributed by atoms with E-state index in [0.29, 0.717) is 10.9 Å². The molecule has 0 aliphatic carbocycles. The van der Waals surface area contributed by atoms with Crippen molar-refractivity contribution in [2.24, 2.45) is 0 Å². The molecule has 1 aliphatic rings. The molecule has 1 fully saturated rings. The number of amides is 1. The van der Waals surface area contributed by atoms with Gasteiger partial charge in [0, 0.05) is 18.2 Å². The molecule has 0 bridgehead atoms. The lowest BCUT2D eigenvalue weighted by atomic mass is 10.1. The molecule has 102 valence electrons. The Morgan fingerprint density at radius 1 is 1.53 bits per heavy atom. The maximum absolute atomic E-state index is 12.6. The third-order valence-electron chi connectivity index (χ3n) is 3.48. The fourth-order valence-corrected chi connectivity index (χ4v) is 3.22. The van der Waals surface area contributed by atoms with Gasteiger partial charge in [-0.3, -0.25) is 4.79 Å². The fourth-order valence-electron chi connectivity index (χ4n) is 2.42. The number of aliphatic hydroxyl groups is 1. The Morgan fingerprint density at radius 3 is 3.16 bits per heavy atom. The van der Waals surface area contributed by atoms with E-state index in [9.17, 15) is 4.79 Å². The van der Waals surface area contributed by atoms with Crippen LogP contribution in [0.4, 0.5) is 0 Å². The second-order valence-electron chi connectivity index (χ2n) is 4.82. The lowest BCUT2D eigenvalue weighted by Gasteiger charge is -2.26. The SMILES string of the molecule is CC1CCCCCN1C(=O)c1sccc1C#CCO. The number of likely N-dealkylation sites (tertiary alicyclic amines) is 1. The molecule has 0 saturated carbocycles.